The zero-order chi connectivity index (χ0) is 6.69. The zero-order valence-corrected chi connectivity index (χ0v) is 5.14. The lowest BCUT2D eigenvalue weighted by Gasteiger charge is -2.07. The Labute approximate surface area is 53.9 Å². The normalized spacial score (nSPS) is 21.7. The second kappa shape index (κ2) is 2.36. The highest BCUT2D eigenvalue weighted by molar-refractivity contribution is 5.85. The molecule has 0 amide bonds. The summed E-state index contributed by atoms with van der Waals surface area (Å²) in [6.07, 6.45) is 3.36. The minimum Gasteiger partial charge on any atom is -0.371 e. The van der Waals surface area contributed by atoms with E-state index in [-0.39, 0.29) is 11.8 Å². The molecule has 0 bridgehead atoms. The molecule has 0 aliphatic carbocycles. The van der Waals surface area contributed by atoms with Gasteiger partial charge in [-0.3, -0.25) is 4.79 Å². The average molecular weight is 121 g/mol. The highest BCUT2D eigenvalue weighted by Crippen LogP contribution is 1.87. The number of allylic oxidation sites excluding steroid dienone is 1. The first kappa shape index (κ1) is 5.90. The SMILES string of the molecule is CC(=O)C1C#CC=CN1. The van der Waals surface area contributed by atoms with Crippen molar-refractivity contribution in [3.8, 4) is 11.8 Å². The molecule has 1 heterocycles. The third-order valence-corrected chi connectivity index (χ3v) is 1.06. The highest BCUT2D eigenvalue weighted by atomic mass is 16.1. The van der Waals surface area contributed by atoms with Crippen molar-refractivity contribution < 1.29 is 4.79 Å². The Bertz CT molecular complexity index is 207. The van der Waals surface area contributed by atoms with E-state index < -0.39 is 0 Å². The van der Waals surface area contributed by atoms with Gasteiger partial charge in [-0.25, -0.2) is 0 Å². The molecule has 1 aliphatic rings. The molecule has 0 aromatic carbocycles. The molecule has 0 spiro atoms. The maximum Gasteiger partial charge on any atom is 0.164 e. The van der Waals surface area contributed by atoms with E-state index in [0.717, 1.165) is 0 Å². The van der Waals surface area contributed by atoms with Crippen molar-refractivity contribution in [3.63, 3.8) is 0 Å². The average Bonchev–Trinajstić information content (AvgIpc) is 1.90. The van der Waals surface area contributed by atoms with E-state index >= 15 is 0 Å². The van der Waals surface area contributed by atoms with E-state index in [9.17, 15) is 4.79 Å². The number of hydrogen-bond donors (Lipinski definition) is 1. The van der Waals surface area contributed by atoms with Gasteiger partial charge in [0.1, 0.15) is 6.04 Å². The summed E-state index contributed by atoms with van der Waals surface area (Å²) < 4.78 is 0. The van der Waals surface area contributed by atoms with Crippen LogP contribution in [0.1, 0.15) is 6.92 Å². The van der Waals surface area contributed by atoms with E-state index in [0.29, 0.717) is 0 Å². The Morgan fingerprint density at radius 3 is 2.89 bits per heavy atom. The van der Waals surface area contributed by atoms with Gasteiger partial charge in [-0.1, -0.05) is 11.8 Å². The Balaban J connectivity index is 2.63. The summed E-state index contributed by atoms with van der Waals surface area (Å²) in [5.41, 5.74) is 0. The van der Waals surface area contributed by atoms with Gasteiger partial charge in [0.15, 0.2) is 5.78 Å². The van der Waals surface area contributed by atoms with Crippen LogP contribution in [-0.4, -0.2) is 11.8 Å². The van der Waals surface area contributed by atoms with Crippen LogP contribution < -0.4 is 5.32 Å². The summed E-state index contributed by atoms with van der Waals surface area (Å²) in [7, 11) is 0. The van der Waals surface area contributed by atoms with Crippen molar-refractivity contribution in [3.05, 3.63) is 12.3 Å². The summed E-state index contributed by atoms with van der Waals surface area (Å²) in [6.45, 7) is 1.52. The molecule has 1 atom stereocenters. The Kier molecular flexibility index (Phi) is 1.55. The first-order chi connectivity index (χ1) is 4.30. The fraction of sp³-hybridized carbons (Fsp3) is 0.286. The van der Waals surface area contributed by atoms with Crippen molar-refractivity contribution in [2.75, 3.05) is 0 Å². The van der Waals surface area contributed by atoms with Crippen LogP contribution in [0.4, 0.5) is 0 Å². The second-order valence-corrected chi connectivity index (χ2v) is 1.83. The molecule has 0 aromatic heterocycles. The van der Waals surface area contributed by atoms with E-state index in [1.165, 1.54) is 6.92 Å². The van der Waals surface area contributed by atoms with Crippen LogP contribution in [0.5, 0.6) is 0 Å². The first-order valence-corrected chi connectivity index (χ1v) is 2.73. The third kappa shape index (κ3) is 1.33. The van der Waals surface area contributed by atoms with Crippen molar-refractivity contribution in [2.24, 2.45) is 0 Å². The van der Waals surface area contributed by atoms with E-state index in [1.807, 2.05) is 0 Å². The monoisotopic (exact) mass is 121 g/mol. The van der Waals surface area contributed by atoms with Gasteiger partial charge in [0.05, 0.1) is 0 Å². The van der Waals surface area contributed by atoms with Gasteiger partial charge in [0, 0.05) is 12.3 Å². The number of carbonyl (C=O) groups excluding carboxylic acids is 1. The maximum absolute atomic E-state index is 10.6. The maximum atomic E-state index is 10.6. The lowest BCUT2D eigenvalue weighted by atomic mass is 10.2. The number of rotatable bonds is 1. The van der Waals surface area contributed by atoms with Gasteiger partial charge in [-0.15, -0.1) is 0 Å². The highest BCUT2D eigenvalue weighted by Gasteiger charge is 2.07. The smallest absolute Gasteiger partial charge is 0.164 e. The molecule has 1 unspecified atom stereocenters. The summed E-state index contributed by atoms with van der Waals surface area (Å²) in [6, 6.07) is -0.282. The summed E-state index contributed by atoms with van der Waals surface area (Å²) in [5.74, 6) is 5.49. The van der Waals surface area contributed by atoms with Crippen LogP contribution in [0.15, 0.2) is 12.3 Å². The third-order valence-electron chi connectivity index (χ3n) is 1.06. The molecular formula is C7H7NO. The lowest BCUT2D eigenvalue weighted by Crippen LogP contribution is -2.30. The van der Waals surface area contributed by atoms with Gasteiger partial charge < -0.3 is 5.32 Å². The summed E-state index contributed by atoms with van der Waals surface area (Å²) >= 11 is 0. The molecule has 2 heteroatoms. The van der Waals surface area contributed by atoms with Crippen molar-refractivity contribution in [1.29, 1.82) is 0 Å². The molecule has 0 fully saturated rings. The number of carbonyl (C=O) groups is 1. The Morgan fingerprint density at radius 2 is 2.56 bits per heavy atom. The second-order valence-electron chi connectivity index (χ2n) is 1.83. The summed E-state index contributed by atoms with van der Waals surface area (Å²) in [5, 5.41) is 2.81. The molecule has 9 heavy (non-hydrogen) atoms. The fourth-order valence-corrected chi connectivity index (χ4v) is 0.578. The molecule has 1 N–H and O–H groups in total. The number of ketones is 1. The first-order valence-electron chi connectivity index (χ1n) is 2.73. The van der Waals surface area contributed by atoms with Crippen molar-refractivity contribution >= 4 is 5.78 Å². The van der Waals surface area contributed by atoms with Crippen LogP contribution in [-0.2, 0) is 4.79 Å². The van der Waals surface area contributed by atoms with E-state index in [4.69, 9.17) is 0 Å². The predicted octanol–water partition coefficient (Wildman–Crippen LogP) is 0.0643. The molecule has 0 radical (unpaired) electrons. The van der Waals surface area contributed by atoms with Gasteiger partial charge in [0.25, 0.3) is 0 Å². The van der Waals surface area contributed by atoms with Gasteiger partial charge in [0.2, 0.25) is 0 Å². The quantitative estimate of drug-likeness (QED) is 0.497. The van der Waals surface area contributed by atoms with Crippen LogP contribution in [0.2, 0.25) is 0 Å². The van der Waals surface area contributed by atoms with Crippen LogP contribution >= 0.6 is 0 Å². The topological polar surface area (TPSA) is 29.1 Å². The van der Waals surface area contributed by atoms with Crippen molar-refractivity contribution in [2.45, 2.75) is 13.0 Å². The van der Waals surface area contributed by atoms with Gasteiger partial charge in [-0.2, -0.15) is 0 Å². The molecule has 46 valence electrons. The van der Waals surface area contributed by atoms with E-state index in [2.05, 4.69) is 17.2 Å². The largest absolute Gasteiger partial charge is 0.371 e. The van der Waals surface area contributed by atoms with E-state index in [1.54, 1.807) is 12.3 Å². The van der Waals surface area contributed by atoms with Crippen LogP contribution in [0.25, 0.3) is 0 Å². The molecule has 0 aromatic rings. The molecule has 2 nitrogen and oxygen atoms in total. The van der Waals surface area contributed by atoms with Crippen molar-refractivity contribution in [1.82, 2.24) is 5.32 Å². The standard InChI is InChI=1S/C7H7NO/c1-6(9)7-4-2-3-5-8-7/h3,5,7-8H,1H3. The molecule has 1 aliphatic heterocycles. The Hall–Kier alpha value is -1.23. The number of hydrogen-bond acceptors (Lipinski definition) is 2. The molecule has 0 saturated heterocycles. The number of nitrogens with one attached hydrogen (secondary N) is 1. The molecule has 1 rings (SSSR count). The minimum atomic E-state index is -0.282. The fourth-order valence-electron chi connectivity index (χ4n) is 0.578. The molecule has 0 saturated carbocycles. The zero-order valence-electron chi connectivity index (χ0n) is 5.14. The molecular weight excluding hydrogens is 114 g/mol. The number of Topliss-reactive ketones (excluding diaryl/α,β-unsaturated/α-hetero) is 1. The van der Waals surface area contributed by atoms with Gasteiger partial charge in [-0.05, 0) is 6.92 Å². The predicted molar refractivity (Wildman–Crippen MR) is 34.5 cm³/mol. The van der Waals surface area contributed by atoms with Gasteiger partial charge >= 0.3 is 0 Å². The lowest BCUT2D eigenvalue weighted by molar-refractivity contribution is -0.117. The Morgan fingerprint density at radius 1 is 1.78 bits per heavy atom. The summed E-state index contributed by atoms with van der Waals surface area (Å²) in [4.78, 5) is 10.6. The minimum absolute atomic E-state index is 0.0619. The van der Waals surface area contributed by atoms with Crippen LogP contribution in [0, 0.1) is 11.8 Å². The van der Waals surface area contributed by atoms with Crippen LogP contribution in [0.3, 0.4) is 0 Å².